The number of hydrogen-bond donors (Lipinski definition) is 1. The first-order valence-corrected chi connectivity index (χ1v) is 6.52. The van der Waals surface area contributed by atoms with Crippen LogP contribution >= 0.6 is 11.3 Å². The zero-order chi connectivity index (χ0) is 13.4. The molecule has 19 heavy (non-hydrogen) atoms. The lowest BCUT2D eigenvalue weighted by molar-refractivity contribution is 0.622. The lowest BCUT2D eigenvalue weighted by atomic mass is 10.1. The van der Waals surface area contributed by atoms with Crippen molar-refractivity contribution in [1.29, 1.82) is 0 Å². The highest BCUT2D eigenvalue weighted by Crippen LogP contribution is 2.37. The third-order valence-corrected chi connectivity index (χ3v) is 3.72. The topological polar surface area (TPSA) is 56.7 Å². The Morgan fingerprint density at radius 2 is 2.21 bits per heavy atom. The van der Waals surface area contributed by atoms with Gasteiger partial charge in [0.15, 0.2) is 0 Å². The number of anilines is 1. The summed E-state index contributed by atoms with van der Waals surface area (Å²) in [6, 6.07) is 5.32. The first-order valence-electron chi connectivity index (χ1n) is 5.64. The minimum atomic E-state index is -0.390. The molecule has 0 unspecified atom stereocenters. The maximum Gasteiger partial charge on any atom is 0.142 e. The van der Waals surface area contributed by atoms with Gasteiger partial charge in [0.2, 0.25) is 0 Å². The van der Waals surface area contributed by atoms with E-state index in [4.69, 9.17) is 5.73 Å². The van der Waals surface area contributed by atoms with Crippen LogP contribution in [0.2, 0.25) is 0 Å². The maximum atomic E-state index is 13.3. The smallest absolute Gasteiger partial charge is 0.142 e. The Kier molecular flexibility index (Phi) is 2.79. The first-order chi connectivity index (χ1) is 9.16. The average Bonchev–Trinajstić information content (AvgIpc) is 2.99. The van der Waals surface area contributed by atoms with E-state index in [1.165, 1.54) is 12.3 Å². The van der Waals surface area contributed by atoms with Gasteiger partial charge in [-0.25, -0.2) is 4.39 Å². The van der Waals surface area contributed by atoms with Crippen LogP contribution in [0.3, 0.4) is 0 Å². The van der Waals surface area contributed by atoms with Gasteiger partial charge in [0.1, 0.15) is 17.3 Å². The van der Waals surface area contributed by atoms with Gasteiger partial charge in [0, 0.05) is 23.7 Å². The highest BCUT2D eigenvalue weighted by Gasteiger charge is 2.18. The number of aryl methyl sites for hydroxylation is 1. The highest BCUT2D eigenvalue weighted by molar-refractivity contribution is 7.13. The van der Waals surface area contributed by atoms with Gasteiger partial charge in [-0.3, -0.25) is 9.67 Å². The molecule has 0 amide bonds. The van der Waals surface area contributed by atoms with Crippen molar-refractivity contribution in [2.75, 3.05) is 5.73 Å². The molecule has 0 bridgehead atoms. The van der Waals surface area contributed by atoms with Crippen LogP contribution in [-0.2, 0) is 7.05 Å². The predicted octanol–water partition coefficient (Wildman–Crippen LogP) is 2.93. The molecule has 0 fully saturated rings. The van der Waals surface area contributed by atoms with Crippen molar-refractivity contribution in [2.45, 2.75) is 0 Å². The zero-order valence-electron chi connectivity index (χ0n) is 10.2. The van der Waals surface area contributed by atoms with Crippen LogP contribution in [0.25, 0.3) is 21.7 Å². The van der Waals surface area contributed by atoms with E-state index in [0.717, 1.165) is 10.4 Å². The minimum Gasteiger partial charge on any atom is -0.383 e. The quantitative estimate of drug-likeness (QED) is 0.781. The fraction of sp³-hybridized carbons (Fsp3) is 0.0769. The number of aromatic nitrogens is 3. The summed E-state index contributed by atoms with van der Waals surface area (Å²) in [5, 5.41) is 6.34. The second-order valence-electron chi connectivity index (χ2n) is 4.10. The van der Waals surface area contributed by atoms with Gasteiger partial charge < -0.3 is 5.73 Å². The van der Waals surface area contributed by atoms with Gasteiger partial charge in [-0.1, -0.05) is 6.07 Å². The molecule has 0 spiro atoms. The van der Waals surface area contributed by atoms with Crippen LogP contribution in [0.1, 0.15) is 0 Å². The summed E-state index contributed by atoms with van der Waals surface area (Å²) in [6.45, 7) is 0. The molecule has 0 aliphatic rings. The number of halogens is 1. The zero-order valence-corrected chi connectivity index (χ0v) is 11.0. The third-order valence-electron chi connectivity index (χ3n) is 2.84. The van der Waals surface area contributed by atoms with E-state index in [-0.39, 0.29) is 5.82 Å². The fourth-order valence-corrected chi connectivity index (χ4v) is 2.72. The lowest BCUT2D eigenvalue weighted by Crippen LogP contribution is -1.97. The molecular weight excluding hydrogens is 263 g/mol. The van der Waals surface area contributed by atoms with E-state index >= 15 is 0 Å². The van der Waals surface area contributed by atoms with E-state index < -0.39 is 0 Å². The number of thiophene rings is 1. The van der Waals surface area contributed by atoms with Crippen LogP contribution in [0.5, 0.6) is 0 Å². The molecule has 0 atom stereocenters. The molecule has 96 valence electrons. The van der Waals surface area contributed by atoms with Crippen molar-refractivity contribution >= 4 is 17.2 Å². The molecule has 3 aromatic heterocycles. The van der Waals surface area contributed by atoms with Gasteiger partial charge >= 0.3 is 0 Å². The van der Waals surface area contributed by atoms with E-state index in [9.17, 15) is 4.39 Å². The summed E-state index contributed by atoms with van der Waals surface area (Å²) < 4.78 is 14.9. The SMILES string of the molecule is Cn1nc(-c2cncc(F)c2)c(-c2cccs2)c1N. The molecule has 3 heterocycles. The summed E-state index contributed by atoms with van der Waals surface area (Å²) in [6.07, 6.45) is 2.75. The Balaban J connectivity index is 2.25. The van der Waals surface area contributed by atoms with Gasteiger partial charge in [-0.15, -0.1) is 11.3 Å². The molecule has 4 nitrogen and oxygen atoms in total. The largest absolute Gasteiger partial charge is 0.383 e. The standard InChI is InChI=1S/C13H11FN4S/c1-18-13(15)11(10-3-2-4-19-10)12(17-18)8-5-9(14)7-16-6-8/h2-7H,15H2,1H3. The summed E-state index contributed by atoms with van der Waals surface area (Å²) in [5.74, 6) is 0.167. The van der Waals surface area contributed by atoms with Gasteiger partial charge in [-0.05, 0) is 17.5 Å². The van der Waals surface area contributed by atoms with E-state index in [1.807, 2.05) is 17.5 Å². The maximum absolute atomic E-state index is 13.3. The molecule has 0 aliphatic heterocycles. The van der Waals surface area contributed by atoms with Gasteiger partial charge in [0.25, 0.3) is 0 Å². The Labute approximate surface area is 113 Å². The van der Waals surface area contributed by atoms with Crippen LogP contribution in [0.15, 0.2) is 36.0 Å². The van der Waals surface area contributed by atoms with Crippen LogP contribution in [0, 0.1) is 5.82 Å². The summed E-state index contributed by atoms with van der Waals surface area (Å²) in [5.41, 5.74) is 8.16. The molecule has 3 aromatic rings. The first kappa shape index (κ1) is 11.9. The minimum absolute atomic E-state index is 0.390. The highest BCUT2D eigenvalue weighted by atomic mass is 32.1. The number of pyridine rings is 1. The van der Waals surface area contributed by atoms with Gasteiger partial charge in [-0.2, -0.15) is 5.10 Å². The Morgan fingerprint density at radius 1 is 1.37 bits per heavy atom. The second-order valence-corrected chi connectivity index (χ2v) is 5.05. The molecule has 6 heteroatoms. The van der Waals surface area contributed by atoms with Crippen LogP contribution in [0.4, 0.5) is 10.2 Å². The van der Waals surface area contributed by atoms with Crippen LogP contribution < -0.4 is 5.73 Å². The summed E-state index contributed by atoms with van der Waals surface area (Å²) >= 11 is 1.57. The Hall–Kier alpha value is -2.21. The van der Waals surface area contributed by atoms with Crippen molar-refractivity contribution < 1.29 is 4.39 Å². The van der Waals surface area contributed by atoms with E-state index in [2.05, 4.69) is 10.1 Å². The fourth-order valence-electron chi connectivity index (χ4n) is 1.94. The molecule has 0 aliphatic carbocycles. The van der Waals surface area contributed by atoms with Crippen LogP contribution in [-0.4, -0.2) is 14.8 Å². The van der Waals surface area contributed by atoms with Crippen molar-refractivity contribution in [3.8, 4) is 21.7 Å². The van der Waals surface area contributed by atoms with E-state index in [1.54, 1.807) is 29.3 Å². The lowest BCUT2D eigenvalue weighted by Gasteiger charge is -2.01. The van der Waals surface area contributed by atoms with Crippen molar-refractivity contribution in [2.24, 2.45) is 7.05 Å². The molecule has 2 N–H and O–H groups in total. The van der Waals surface area contributed by atoms with Gasteiger partial charge in [0.05, 0.1) is 11.8 Å². The average molecular weight is 274 g/mol. The number of nitrogen functional groups attached to an aromatic ring is 1. The van der Waals surface area contributed by atoms with Crippen molar-refractivity contribution in [1.82, 2.24) is 14.8 Å². The Bertz CT molecular complexity index is 718. The summed E-state index contributed by atoms with van der Waals surface area (Å²) in [4.78, 5) is 4.86. The molecule has 0 saturated heterocycles. The normalized spacial score (nSPS) is 10.8. The molecule has 0 aromatic carbocycles. The molecular formula is C13H11FN4S. The molecule has 0 saturated carbocycles. The van der Waals surface area contributed by atoms with E-state index in [0.29, 0.717) is 17.1 Å². The predicted molar refractivity (Wildman–Crippen MR) is 74.1 cm³/mol. The number of nitrogens with zero attached hydrogens (tertiary/aromatic N) is 3. The molecule has 3 rings (SSSR count). The number of nitrogens with two attached hydrogens (primary N) is 1. The number of rotatable bonds is 2. The van der Waals surface area contributed by atoms with Crippen molar-refractivity contribution in [3.05, 3.63) is 41.8 Å². The second kappa shape index (κ2) is 4.47. The van der Waals surface area contributed by atoms with Crippen molar-refractivity contribution in [3.63, 3.8) is 0 Å². The Morgan fingerprint density at radius 3 is 2.89 bits per heavy atom. The summed E-state index contributed by atoms with van der Waals surface area (Å²) in [7, 11) is 1.77. The monoisotopic (exact) mass is 274 g/mol. The molecule has 0 radical (unpaired) electrons. The third kappa shape index (κ3) is 2.00. The number of hydrogen-bond acceptors (Lipinski definition) is 4.